The van der Waals surface area contributed by atoms with Gasteiger partial charge < -0.3 is 15.5 Å². The normalized spacial score (nSPS) is 19.0. The predicted molar refractivity (Wildman–Crippen MR) is 109 cm³/mol. The van der Waals surface area contributed by atoms with Crippen molar-refractivity contribution in [1.82, 2.24) is 0 Å². The Hall–Kier alpha value is -2.60. The predicted octanol–water partition coefficient (Wildman–Crippen LogP) is 4.53. The number of hydrogen-bond donors (Lipinski definition) is 2. The molecule has 0 spiro atoms. The third-order valence-electron chi connectivity index (χ3n) is 5.28. The van der Waals surface area contributed by atoms with E-state index in [0.717, 1.165) is 31.6 Å². The summed E-state index contributed by atoms with van der Waals surface area (Å²) in [6.07, 6.45) is 3.44. The molecule has 2 amide bonds. The standard InChI is InChI=1S/C21H21ClFN3O2/c22-13-4-7-19(26-8-2-1-3-9-26)18(10-13)25-21(28)16-12-20(27)24-17-11-14(23)5-6-15(16)17/h4-7,10-11,16H,1-3,8-9,12H2,(H,24,27)(H,25,28). The fourth-order valence-electron chi connectivity index (χ4n) is 3.91. The summed E-state index contributed by atoms with van der Waals surface area (Å²) in [5.74, 6) is -1.75. The van der Waals surface area contributed by atoms with Crippen molar-refractivity contribution in [2.75, 3.05) is 28.6 Å². The fraction of sp³-hybridized carbons (Fsp3) is 0.333. The highest BCUT2D eigenvalue weighted by Crippen LogP contribution is 2.36. The number of fused-ring (bicyclic) bond motifs is 1. The van der Waals surface area contributed by atoms with E-state index >= 15 is 0 Å². The van der Waals surface area contributed by atoms with Crippen molar-refractivity contribution in [2.45, 2.75) is 31.6 Å². The minimum absolute atomic E-state index is 0.0179. The second-order valence-corrected chi connectivity index (χ2v) is 7.67. The van der Waals surface area contributed by atoms with Gasteiger partial charge in [0.1, 0.15) is 5.82 Å². The molecule has 2 N–H and O–H groups in total. The van der Waals surface area contributed by atoms with Crippen LogP contribution in [0.25, 0.3) is 0 Å². The number of carbonyl (C=O) groups is 2. The molecule has 2 aromatic carbocycles. The Labute approximate surface area is 167 Å². The molecule has 0 aromatic heterocycles. The maximum absolute atomic E-state index is 13.5. The molecular formula is C21H21ClFN3O2. The van der Waals surface area contributed by atoms with Gasteiger partial charge >= 0.3 is 0 Å². The Bertz CT molecular complexity index is 928. The van der Waals surface area contributed by atoms with Gasteiger partial charge in [0.15, 0.2) is 0 Å². The fourth-order valence-corrected chi connectivity index (χ4v) is 4.08. The number of halogens is 2. The lowest BCUT2D eigenvalue weighted by atomic mass is 9.89. The van der Waals surface area contributed by atoms with Gasteiger partial charge in [-0.1, -0.05) is 17.7 Å². The lowest BCUT2D eigenvalue weighted by Gasteiger charge is -2.31. The second-order valence-electron chi connectivity index (χ2n) is 7.23. The second kappa shape index (κ2) is 7.80. The topological polar surface area (TPSA) is 61.4 Å². The zero-order valence-electron chi connectivity index (χ0n) is 15.3. The SMILES string of the molecule is O=C1CC(C(=O)Nc2cc(Cl)ccc2N2CCCCC2)c2ccc(F)cc2N1. The molecule has 4 rings (SSSR count). The largest absolute Gasteiger partial charge is 0.370 e. The zero-order chi connectivity index (χ0) is 19.7. The maximum Gasteiger partial charge on any atom is 0.232 e. The molecule has 0 saturated carbocycles. The zero-order valence-corrected chi connectivity index (χ0v) is 16.1. The number of benzene rings is 2. The molecule has 5 nitrogen and oxygen atoms in total. The van der Waals surface area contributed by atoms with Crippen LogP contribution in [0.4, 0.5) is 21.5 Å². The van der Waals surface area contributed by atoms with Crippen molar-refractivity contribution in [2.24, 2.45) is 0 Å². The summed E-state index contributed by atoms with van der Waals surface area (Å²) in [5, 5.41) is 6.12. The first kappa shape index (κ1) is 18.7. The van der Waals surface area contributed by atoms with Gasteiger partial charge in [0, 0.05) is 30.2 Å². The molecule has 2 aromatic rings. The molecular weight excluding hydrogens is 381 g/mol. The average Bonchev–Trinajstić information content (AvgIpc) is 2.67. The van der Waals surface area contributed by atoms with Crippen LogP contribution < -0.4 is 15.5 Å². The van der Waals surface area contributed by atoms with Gasteiger partial charge in [-0.15, -0.1) is 0 Å². The number of hydrogen-bond acceptors (Lipinski definition) is 3. The smallest absolute Gasteiger partial charge is 0.232 e. The number of carbonyl (C=O) groups excluding carboxylic acids is 2. The van der Waals surface area contributed by atoms with Crippen molar-refractivity contribution in [3.8, 4) is 0 Å². The molecule has 2 heterocycles. The van der Waals surface area contributed by atoms with E-state index in [9.17, 15) is 14.0 Å². The van der Waals surface area contributed by atoms with Crippen LogP contribution >= 0.6 is 11.6 Å². The van der Waals surface area contributed by atoms with Gasteiger partial charge in [-0.25, -0.2) is 4.39 Å². The third-order valence-corrected chi connectivity index (χ3v) is 5.52. The molecule has 28 heavy (non-hydrogen) atoms. The lowest BCUT2D eigenvalue weighted by Crippen LogP contribution is -2.33. The monoisotopic (exact) mass is 401 g/mol. The summed E-state index contributed by atoms with van der Waals surface area (Å²) in [6.45, 7) is 1.86. The van der Waals surface area contributed by atoms with E-state index in [1.807, 2.05) is 12.1 Å². The van der Waals surface area contributed by atoms with E-state index < -0.39 is 11.7 Å². The highest BCUT2D eigenvalue weighted by molar-refractivity contribution is 6.31. The van der Waals surface area contributed by atoms with Crippen molar-refractivity contribution in [1.29, 1.82) is 0 Å². The highest BCUT2D eigenvalue weighted by atomic mass is 35.5. The quantitative estimate of drug-likeness (QED) is 0.794. The maximum atomic E-state index is 13.5. The van der Waals surface area contributed by atoms with E-state index in [2.05, 4.69) is 15.5 Å². The molecule has 1 fully saturated rings. The summed E-state index contributed by atoms with van der Waals surface area (Å²) in [7, 11) is 0. The number of rotatable bonds is 3. The van der Waals surface area contributed by atoms with Crippen LogP contribution in [-0.4, -0.2) is 24.9 Å². The third kappa shape index (κ3) is 3.83. The van der Waals surface area contributed by atoms with Crippen molar-refractivity contribution >= 4 is 40.5 Å². The van der Waals surface area contributed by atoms with Crippen LogP contribution in [0.15, 0.2) is 36.4 Å². The highest BCUT2D eigenvalue weighted by Gasteiger charge is 2.31. The van der Waals surface area contributed by atoms with Crippen LogP contribution in [0, 0.1) is 5.82 Å². The first-order valence-corrected chi connectivity index (χ1v) is 9.84. The van der Waals surface area contributed by atoms with Gasteiger partial charge in [-0.3, -0.25) is 9.59 Å². The van der Waals surface area contributed by atoms with Crippen LogP contribution in [0.3, 0.4) is 0 Å². The van der Waals surface area contributed by atoms with Crippen molar-refractivity contribution in [3.05, 3.63) is 52.8 Å². The van der Waals surface area contributed by atoms with E-state index in [4.69, 9.17) is 11.6 Å². The Kier molecular flexibility index (Phi) is 5.22. The van der Waals surface area contributed by atoms with Crippen LogP contribution in [0.5, 0.6) is 0 Å². The number of anilines is 3. The van der Waals surface area contributed by atoms with Crippen LogP contribution in [0.1, 0.15) is 37.2 Å². The molecule has 0 aliphatic carbocycles. The molecule has 0 radical (unpaired) electrons. The molecule has 7 heteroatoms. The average molecular weight is 402 g/mol. The Balaban J connectivity index is 1.62. The Morgan fingerprint density at radius 3 is 2.71 bits per heavy atom. The van der Waals surface area contributed by atoms with Gasteiger partial charge in [-0.2, -0.15) is 0 Å². The van der Waals surface area contributed by atoms with E-state index in [1.165, 1.54) is 18.6 Å². The number of amides is 2. The molecule has 1 saturated heterocycles. The molecule has 1 unspecified atom stereocenters. The van der Waals surface area contributed by atoms with Gasteiger partial charge in [-0.05, 0) is 55.2 Å². The molecule has 0 bridgehead atoms. The van der Waals surface area contributed by atoms with Crippen molar-refractivity contribution < 1.29 is 14.0 Å². The van der Waals surface area contributed by atoms with Crippen LogP contribution in [0.2, 0.25) is 5.02 Å². The van der Waals surface area contributed by atoms with Crippen LogP contribution in [-0.2, 0) is 9.59 Å². The molecule has 2 aliphatic heterocycles. The summed E-state index contributed by atoms with van der Waals surface area (Å²) < 4.78 is 13.5. The van der Waals surface area contributed by atoms with Gasteiger partial charge in [0.2, 0.25) is 11.8 Å². The van der Waals surface area contributed by atoms with E-state index in [0.29, 0.717) is 22.0 Å². The molecule has 2 aliphatic rings. The summed E-state index contributed by atoms with van der Waals surface area (Å²) in [4.78, 5) is 27.3. The summed E-state index contributed by atoms with van der Waals surface area (Å²) in [6, 6.07) is 9.56. The Morgan fingerprint density at radius 2 is 1.93 bits per heavy atom. The summed E-state index contributed by atoms with van der Waals surface area (Å²) in [5.41, 5.74) is 2.52. The van der Waals surface area contributed by atoms with E-state index in [1.54, 1.807) is 12.1 Å². The lowest BCUT2D eigenvalue weighted by molar-refractivity contribution is -0.123. The number of nitrogens with zero attached hydrogens (tertiary/aromatic N) is 1. The number of nitrogens with one attached hydrogen (secondary N) is 2. The summed E-state index contributed by atoms with van der Waals surface area (Å²) >= 11 is 6.17. The molecule has 146 valence electrons. The Morgan fingerprint density at radius 1 is 1.14 bits per heavy atom. The number of piperidine rings is 1. The first-order chi connectivity index (χ1) is 13.5. The van der Waals surface area contributed by atoms with Gasteiger partial charge in [0.25, 0.3) is 0 Å². The van der Waals surface area contributed by atoms with E-state index in [-0.39, 0.29) is 18.2 Å². The molecule has 1 atom stereocenters. The first-order valence-electron chi connectivity index (χ1n) is 9.46. The van der Waals surface area contributed by atoms with Gasteiger partial charge in [0.05, 0.1) is 17.3 Å². The van der Waals surface area contributed by atoms with Crippen molar-refractivity contribution in [3.63, 3.8) is 0 Å². The minimum atomic E-state index is -0.683. The minimum Gasteiger partial charge on any atom is -0.370 e.